The van der Waals surface area contributed by atoms with Crippen molar-refractivity contribution < 1.29 is 24.3 Å². The quantitative estimate of drug-likeness (QED) is 0.152. The molecule has 2 rings (SSSR count). The number of nitrogens with one attached hydrogen (secondary N) is 4. The van der Waals surface area contributed by atoms with Crippen molar-refractivity contribution in [1.82, 2.24) is 25.9 Å². The third kappa shape index (κ3) is 9.94. The third-order valence-corrected chi connectivity index (χ3v) is 5.24. The van der Waals surface area contributed by atoms with E-state index in [0.717, 1.165) is 5.56 Å². The summed E-state index contributed by atoms with van der Waals surface area (Å²) in [5.41, 5.74) is 13.1. The molecule has 0 aliphatic heterocycles. The van der Waals surface area contributed by atoms with Crippen LogP contribution in [0, 0.1) is 0 Å². The van der Waals surface area contributed by atoms with Gasteiger partial charge in [0.2, 0.25) is 17.7 Å². The Kier molecular flexibility index (Phi) is 11.4. The minimum Gasteiger partial charge on any atom is -0.480 e. The molecule has 190 valence electrons. The number of unbranched alkanes of at least 4 members (excludes halogenated alkanes) is 1. The van der Waals surface area contributed by atoms with Crippen LogP contribution in [0.5, 0.6) is 0 Å². The lowest BCUT2D eigenvalue weighted by Crippen LogP contribution is -2.56. The van der Waals surface area contributed by atoms with Gasteiger partial charge in [-0.05, 0) is 37.8 Å². The molecule has 0 radical (unpaired) electrons. The zero-order valence-corrected chi connectivity index (χ0v) is 19.4. The fraction of sp³-hybridized carbons (Fsp3) is 0.435. The minimum atomic E-state index is -1.22. The summed E-state index contributed by atoms with van der Waals surface area (Å²) < 4.78 is 0. The first-order chi connectivity index (χ1) is 16.8. The molecule has 3 amide bonds. The number of aromatic amines is 1. The van der Waals surface area contributed by atoms with Crippen LogP contribution in [0.1, 0.15) is 30.5 Å². The first-order valence-corrected chi connectivity index (χ1v) is 11.4. The number of amides is 3. The highest BCUT2D eigenvalue weighted by molar-refractivity contribution is 5.93. The molecule has 9 N–H and O–H groups in total. The topological polar surface area (TPSA) is 205 Å². The molecule has 0 spiro atoms. The van der Waals surface area contributed by atoms with Crippen molar-refractivity contribution in [2.75, 3.05) is 13.1 Å². The summed E-state index contributed by atoms with van der Waals surface area (Å²) in [6.45, 7) is -0.172. The molecule has 0 saturated carbocycles. The van der Waals surface area contributed by atoms with Gasteiger partial charge in [-0.25, -0.2) is 4.98 Å². The van der Waals surface area contributed by atoms with E-state index < -0.39 is 48.4 Å². The van der Waals surface area contributed by atoms with Gasteiger partial charge >= 0.3 is 5.97 Å². The van der Waals surface area contributed by atoms with Crippen LogP contribution in [0.25, 0.3) is 0 Å². The summed E-state index contributed by atoms with van der Waals surface area (Å²) in [5.74, 6) is -2.98. The van der Waals surface area contributed by atoms with Gasteiger partial charge in [0, 0.05) is 18.3 Å². The van der Waals surface area contributed by atoms with Gasteiger partial charge in [0.15, 0.2) is 0 Å². The van der Waals surface area contributed by atoms with Crippen molar-refractivity contribution in [3.05, 3.63) is 54.1 Å². The molecule has 0 fully saturated rings. The Morgan fingerprint density at radius 2 is 1.69 bits per heavy atom. The number of carboxylic acids is 1. The van der Waals surface area contributed by atoms with Gasteiger partial charge in [-0.2, -0.15) is 0 Å². The Bertz CT molecular complexity index is 952. The van der Waals surface area contributed by atoms with E-state index in [-0.39, 0.29) is 6.42 Å². The van der Waals surface area contributed by atoms with Crippen LogP contribution in [-0.2, 0) is 32.0 Å². The lowest BCUT2D eigenvalue weighted by molar-refractivity contribution is -0.138. The van der Waals surface area contributed by atoms with Gasteiger partial charge in [-0.3, -0.25) is 19.2 Å². The Morgan fingerprint density at radius 3 is 2.31 bits per heavy atom. The molecular weight excluding hydrogens is 454 g/mol. The average molecular weight is 488 g/mol. The molecule has 2 aromatic rings. The molecule has 1 aromatic carbocycles. The molecule has 1 heterocycles. The standard InChI is InChI=1S/C23H33N7O5/c24-9-5-4-8-18(29-21(33)17(25)10-15-6-2-1-3-7-15)23(35)30-19(11-16-12-26-14-28-16)22(34)27-13-20(31)32/h1-3,6-7,12,14,17-19H,4-5,8-11,13,24-25H2,(H,26,28)(H,27,34)(H,29,33)(H,30,35)(H,31,32). The van der Waals surface area contributed by atoms with Crippen LogP contribution in [0.4, 0.5) is 0 Å². The SMILES string of the molecule is NCCCCC(NC(=O)C(N)Cc1ccccc1)C(=O)NC(Cc1cnc[nH]1)C(=O)NCC(=O)O. The molecule has 0 aliphatic carbocycles. The summed E-state index contributed by atoms with van der Waals surface area (Å²) in [6, 6.07) is 6.35. The van der Waals surface area contributed by atoms with Gasteiger partial charge < -0.3 is 37.5 Å². The van der Waals surface area contributed by atoms with Crippen LogP contribution in [0.3, 0.4) is 0 Å². The van der Waals surface area contributed by atoms with Crippen LogP contribution in [-0.4, -0.2) is 70.0 Å². The van der Waals surface area contributed by atoms with E-state index in [4.69, 9.17) is 16.6 Å². The Balaban J connectivity index is 2.09. The number of benzene rings is 1. The molecule has 0 bridgehead atoms. The zero-order chi connectivity index (χ0) is 25.6. The molecular formula is C23H33N7O5. The molecule has 0 saturated heterocycles. The normalized spacial score (nSPS) is 13.3. The lowest BCUT2D eigenvalue weighted by Gasteiger charge is -2.24. The number of carbonyl (C=O) groups excluding carboxylic acids is 3. The van der Waals surface area contributed by atoms with Gasteiger partial charge in [0.05, 0.1) is 12.4 Å². The number of aliphatic carboxylic acids is 1. The molecule has 0 aliphatic rings. The van der Waals surface area contributed by atoms with E-state index in [1.807, 2.05) is 30.3 Å². The number of rotatable bonds is 15. The smallest absolute Gasteiger partial charge is 0.322 e. The largest absolute Gasteiger partial charge is 0.480 e. The monoisotopic (exact) mass is 487 g/mol. The fourth-order valence-electron chi connectivity index (χ4n) is 3.38. The Labute approximate surface area is 203 Å². The predicted octanol–water partition coefficient (Wildman–Crippen LogP) is -1.18. The second kappa shape index (κ2) is 14.5. The first-order valence-electron chi connectivity index (χ1n) is 11.4. The number of nitrogens with two attached hydrogens (primary N) is 2. The van der Waals surface area contributed by atoms with Crippen LogP contribution in [0.15, 0.2) is 42.9 Å². The van der Waals surface area contributed by atoms with Crippen LogP contribution >= 0.6 is 0 Å². The van der Waals surface area contributed by atoms with Crippen molar-refractivity contribution in [2.45, 2.75) is 50.2 Å². The van der Waals surface area contributed by atoms with Gasteiger partial charge in [0.25, 0.3) is 0 Å². The number of imidazole rings is 1. The Morgan fingerprint density at radius 1 is 0.971 bits per heavy atom. The second-order valence-electron chi connectivity index (χ2n) is 8.10. The fourth-order valence-corrected chi connectivity index (χ4v) is 3.38. The Hall–Kier alpha value is -3.77. The van der Waals surface area contributed by atoms with Crippen molar-refractivity contribution in [2.24, 2.45) is 11.5 Å². The van der Waals surface area contributed by atoms with E-state index in [1.54, 1.807) is 0 Å². The summed E-state index contributed by atoms with van der Waals surface area (Å²) >= 11 is 0. The lowest BCUT2D eigenvalue weighted by atomic mass is 10.0. The highest BCUT2D eigenvalue weighted by Gasteiger charge is 2.28. The maximum atomic E-state index is 13.1. The number of hydrogen-bond acceptors (Lipinski definition) is 7. The van der Waals surface area contributed by atoms with E-state index >= 15 is 0 Å². The molecule has 35 heavy (non-hydrogen) atoms. The summed E-state index contributed by atoms with van der Waals surface area (Å²) in [6.07, 6.45) is 4.77. The summed E-state index contributed by atoms with van der Waals surface area (Å²) in [4.78, 5) is 56.0. The van der Waals surface area contributed by atoms with E-state index in [9.17, 15) is 19.2 Å². The minimum absolute atomic E-state index is 0.0498. The number of aromatic nitrogens is 2. The van der Waals surface area contributed by atoms with Crippen LogP contribution < -0.4 is 27.4 Å². The van der Waals surface area contributed by atoms with E-state index in [0.29, 0.717) is 37.9 Å². The highest BCUT2D eigenvalue weighted by atomic mass is 16.4. The molecule has 1 aromatic heterocycles. The number of carbonyl (C=O) groups is 4. The molecule has 3 unspecified atom stereocenters. The second-order valence-corrected chi connectivity index (χ2v) is 8.10. The number of nitrogens with zero attached hydrogens (tertiary/aromatic N) is 1. The van der Waals surface area contributed by atoms with E-state index in [1.165, 1.54) is 12.5 Å². The van der Waals surface area contributed by atoms with Crippen molar-refractivity contribution in [3.63, 3.8) is 0 Å². The average Bonchev–Trinajstić information content (AvgIpc) is 3.35. The maximum absolute atomic E-state index is 13.1. The van der Waals surface area contributed by atoms with Crippen molar-refractivity contribution >= 4 is 23.7 Å². The molecule has 12 nitrogen and oxygen atoms in total. The summed E-state index contributed by atoms with van der Waals surface area (Å²) in [5, 5.41) is 16.4. The first kappa shape index (κ1) is 27.5. The zero-order valence-electron chi connectivity index (χ0n) is 19.4. The van der Waals surface area contributed by atoms with Crippen molar-refractivity contribution in [3.8, 4) is 0 Å². The number of hydrogen-bond donors (Lipinski definition) is 7. The molecule has 3 atom stereocenters. The highest BCUT2D eigenvalue weighted by Crippen LogP contribution is 2.06. The number of carboxylic acid groups (broad SMARTS) is 1. The maximum Gasteiger partial charge on any atom is 0.322 e. The van der Waals surface area contributed by atoms with Gasteiger partial charge in [-0.15, -0.1) is 0 Å². The third-order valence-electron chi connectivity index (χ3n) is 5.24. The summed E-state index contributed by atoms with van der Waals surface area (Å²) in [7, 11) is 0. The van der Waals surface area contributed by atoms with E-state index in [2.05, 4.69) is 25.9 Å². The van der Waals surface area contributed by atoms with Gasteiger partial charge in [0.1, 0.15) is 18.6 Å². The van der Waals surface area contributed by atoms with Crippen molar-refractivity contribution in [1.29, 1.82) is 0 Å². The van der Waals surface area contributed by atoms with Crippen LogP contribution in [0.2, 0.25) is 0 Å². The number of H-pyrrole nitrogens is 1. The molecule has 12 heteroatoms. The predicted molar refractivity (Wildman–Crippen MR) is 128 cm³/mol. The van der Waals surface area contributed by atoms with Gasteiger partial charge in [-0.1, -0.05) is 30.3 Å².